The monoisotopic (exact) mass is 241 g/mol. The van der Waals surface area contributed by atoms with Gasteiger partial charge in [0.2, 0.25) is 5.91 Å². The van der Waals surface area contributed by atoms with E-state index in [-0.39, 0.29) is 5.91 Å². The van der Waals surface area contributed by atoms with Crippen LogP contribution in [0.15, 0.2) is 24.3 Å². The van der Waals surface area contributed by atoms with E-state index < -0.39 is 5.92 Å². The van der Waals surface area contributed by atoms with Crippen molar-refractivity contribution in [1.82, 2.24) is 0 Å². The average Bonchev–Trinajstić information content (AvgIpc) is 2.43. The molecule has 0 saturated carbocycles. The van der Waals surface area contributed by atoms with Gasteiger partial charge in [0.05, 0.1) is 17.3 Å². The highest BCUT2D eigenvalue weighted by molar-refractivity contribution is 5.97. The summed E-state index contributed by atoms with van der Waals surface area (Å²) in [5.74, 6) is -0.909. The Morgan fingerprint density at radius 3 is 2.61 bits per heavy atom. The Balaban J connectivity index is 3.00. The van der Waals surface area contributed by atoms with Crippen molar-refractivity contribution in [3.8, 4) is 12.1 Å². The van der Waals surface area contributed by atoms with Crippen LogP contribution in [0, 0.1) is 28.6 Å². The molecule has 1 unspecified atom stereocenters. The van der Waals surface area contributed by atoms with Crippen LogP contribution >= 0.6 is 0 Å². The minimum atomic E-state index is -0.647. The summed E-state index contributed by atoms with van der Waals surface area (Å²) < 4.78 is 0. The quantitative estimate of drug-likeness (QED) is 0.813. The summed E-state index contributed by atoms with van der Waals surface area (Å²) >= 11 is 0. The van der Waals surface area contributed by atoms with Crippen molar-refractivity contribution in [1.29, 1.82) is 10.5 Å². The summed E-state index contributed by atoms with van der Waals surface area (Å²) in [6.07, 6.45) is 1.31. The molecule has 0 aliphatic heterocycles. The highest BCUT2D eigenvalue weighted by Gasteiger charge is 2.23. The number of hydrogen-bond acceptors (Lipinski definition) is 3. The van der Waals surface area contributed by atoms with Gasteiger partial charge in [-0.15, -0.1) is 0 Å². The molecule has 1 atom stereocenters. The maximum atomic E-state index is 12.1. The Kier molecular flexibility index (Phi) is 4.90. The maximum absolute atomic E-state index is 12.1. The zero-order chi connectivity index (χ0) is 13.5. The second-order valence-electron chi connectivity index (χ2n) is 4.00. The molecule has 92 valence electrons. The fraction of sp³-hybridized carbons (Fsp3) is 0.357. The standard InChI is InChI=1S/C14H15N3O/c1-3-6-12(10-16)14(18)17(2)13-8-5-4-7-11(13)9-15/h4-5,7-8,12H,3,6H2,1-2H3. The molecular formula is C14H15N3O. The molecule has 0 saturated heterocycles. The Morgan fingerprint density at radius 2 is 2.06 bits per heavy atom. The molecule has 1 aromatic carbocycles. The highest BCUT2D eigenvalue weighted by atomic mass is 16.2. The van der Waals surface area contributed by atoms with E-state index in [4.69, 9.17) is 10.5 Å². The van der Waals surface area contributed by atoms with Crippen LogP contribution in [0.25, 0.3) is 0 Å². The van der Waals surface area contributed by atoms with E-state index in [0.29, 0.717) is 17.7 Å². The zero-order valence-electron chi connectivity index (χ0n) is 10.6. The van der Waals surface area contributed by atoms with Crippen LogP contribution in [0.2, 0.25) is 0 Å². The fourth-order valence-corrected chi connectivity index (χ4v) is 1.75. The summed E-state index contributed by atoms with van der Waals surface area (Å²) in [6.45, 7) is 1.93. The summed E-state index contributed by atoms with van der Waals surface area (Å²) in [5, 5.41) is 18.0. The SMILES string of the molecule is CCCC(C#N)C(=O)N(C)c1ccccc1C#N. The lowest BCUT2D eigenvalue weighted by Gasteiger charge is -2.20. The molecule has 1 amide bonds. The first-order chi connectivity index (χ1) is 8.65. The van der Waals surface area contributed by atoms with E-state index in [1.54, 1.807) is 31.3 Å². The Labute approximate surface area is 107 Å². The third-order valence-electron chi connectivity index (χ3n) is 2.75. The molecule has 1 rings (SSSR count). The van der Waals surface area contributed by atoms with E-state index in [1.165, 1.54) is 4.90 Å². The van der Waals surface area contributed by atoms with Gasteiger partial charge < -0.3 is 4.90 Å². The molecular weight excluding hydrogens is 226 g/mol. The first-order valence-electron chi connectivity index (χ1n) is 5.82. The average molecular weight is 241 g/mol. The molecule has 0 radical (unpaired) electrons. The van der Waals surface area contributed by atoms with Crippen LogP contribution in [-0.4, -0.2) is 13.0 Å². The van der Waals surface area contributed by atoms with Gasteiger partial charge in [0.1, 0.15) is 12.0 Å². The molecule has 0 bridgehead atoms. The van der Waals surface area contributed by atoms with E-state index in [0.717, 1.165) is 6.42 Å². The van der Waals surface area contributed by atoms with Crippen molar-refractivity contribution in [2.75, 3.05) is 11.9 Å². The van der Waals surface area contributed by atoms with Crippen LogP contribution in [0.1, 0.15) is 25.3 Å². The molecule has 0 aliphatic rings. The van der Waals surface area contributed by atoms with Gasteiger partial charge in [0.15, 0.2) is 0 Å². The van der Waals surface area contributed by atoms with Crippen molar-refractivity contribution < 1.29 is 4.79 Å². The normalized spacial score (nSPS) is 11.1. The number of rotatable bonds is 4. The topological polar surface area (TPSA) is 67.9 Å². The van der Waals surface area contributed by atoms with E-state index in [1.807, 2.05) is 19.1 Å². The van der Waals surface area contributed by atoms with Crippen LogP contribution in [0.3, 0.4) is 0 Å². The van der Waals surface area contributed by atoms with Gasteiger partial charge in [-0.25, -0.2) is 0 Å². The predicted octanol–water partition coefficient (Wildman–Crippen LogP) is 2.46. The van der Waals surface area contributed by atoms with Crippen molar-refractivity contribution in [3.05, 3.63) is 29.8 Å². The van der Waals surface area contributed by atoms with E-state index in [9.17, 15) is 4.79 Å². The van der Waals surface area contributed by atoms with Gasteiger partial charge in [-0.3, -0.25) is 4.79 Å². The van der Waals surface area contributed by atoms with Gasteiger partial charge in [-0.2, -0.15) is 10.5 Å². The Hall–Kier alpha value is -2.33. The molecule has 0 N–H and O–H groups in total. The molecule has 4 nitrogen and oxygen atoms in total. The largest absolute Gasteiger partial charge is 0.313 e. The number of carbonyl (C=O) groups excluding carboxylic acids is 1. The second-order valence-corrected chi connectivity index (χ2v) is 4.00. The van der Waals surface area contributed by atoms with Crippen molar-refractivity contribution in [3.63, 3.8) is 0 Å². The number of hydrogen-bond donors (Lipinski definition) is 0. The minimum Gasteiger partial charge on any atom is -0.313 e. The lowest BCUT2D eigenvalue weighted by Crippen LogP contribution is -2.32. The van der Waals surface area contributed by atoms with Crippen molar-refractivity contribution in [2.24, 2.45) is 5.92 Å². The van der Waals surface area contributed by atoms with Gasteiger partial charge >= 0.3 is 0 Å². The number of anilines is 1. The Morgan fingerprint density at radius 1 is 1.39 bits per heavy atom. The highest BCUT2D eigenvalue weighted by Crippen LogP contribution is 2.21. The first kappa shape index (κ1) is 13.7. The molecule has 0 spiro atoms. The first-order valence-corrected chi connectivity index (χ1v) is 5.82. The number of nitrogens with zero attached hydrogens (tertiary/aromatic N) is 3. The van der Waals surface area contributed by atoms with Gasteiger partial charge in [-0.05, 0) is 18.6 Å². The lowest BCUT2D eigenvalue weighted by molar-refractivity contribution is -0.120. The number of para-hydroxylation sites is 1. The third-order valence-corrected chi connectivity index (χ3v) is 2.75. The smallest absolute Gasteiger partial charge is 0.244 e. The molecule has 0 fully saturated rings. The van der Waals surface area contributed by atoms with Crippen LogP contribution < -0.4 is 4.90 Å². The van der Waals surface area contributed by atoms with Gasteiger partial charge in [0.25, 0.3) is 0 Å². The number of nitriles is 2. The summed E-state index contributed by atoms with van der Waals surface area (Å²) in [7, 11) is 1.60. The third kappa shape index (κ3) is 2.87. The lowest BCUT2D eigenvalue weighted by atomic mass is 10.0. The van der Waals surface area contributed by atoms with Crippen molar-refractivity contribution >= 4 is 11.6 Å². The second kappa shape index (κ2) is 6.42. The number of benzene rings is 1. The molecule has 18 heavy (non-hydrogen) atoms. The number of amides is 1. The van der Waals surface area contributed by atoms with Gasteiger partial charge in [0, 0.05) is 7.05 Å². The summed E-state index contributed by atoms with van der Waals surface area (Å²) in [4.78, 5) is 13.5. The molecule has 4 heteroatoms. The van der Waals surface area contributed by atoms with Crippen LogP contribution in [-0.2, 0) is 4.79 Å². The van der Waals surface area contributed by atoms with E-state index in [2.05, 4.69) is 0 Å². The van der Waals surface area contributed by atoms with Gasteiger partial charge in [-0.1, -0.05) is 25.5 Å². The van der Waals surface area contributed by atoms with E-state index >= 15 is 0 Å². The van der Waals surface area contributed by atoms with Crippen LogP contribution in [0.5, 0.6) is 0 Å². The summed E-state index contributed by atoms with van der Waals surface area (Å²) in [5.41, 5.74) is 0.975. The molecule has 1 aromatic rings. The Bertz CT molecular complexity index is 511. The molecule has 0 heterocycles. The molecule has 0 aliphatic carbocycles. The van der Waals surface area contributed by atoms with Crippen molar-refractivity contribution in [2.45, 2.75) is 19.8 Å². The molecule has 0 aromatic heterocycles. The maximum Gasteiger partial charge on any atom is 0.244 e. The summed E-state index contributed by atoms with van der Waals surface area (Å²) in [6, 6.07) is 10.9. The number of carbonyl (C=O) groups is 1. The fourth-order valence-electron chi connectivity index (χ4n) is 1.75. The predicted molar refractivity (Wildman–Crippen MR) is 68.6 cm³/mol. The zero-order valence-corrected chi connectivity index (χ0v) is 10.6. The van der Waals surface area contributed by atoms with Crippen LogP contribution in [0.4, 0.5) is 5.69 Å². The minimum absolute atomic E-state index is 0.262.